The van der Waals surface area contributed by atoms with E-state index in [0.717, 1.165) is 6.07 Å². The third-order valence-corrected chi connectivity index (χ3v) is 4.56. The maximum atomic E-state index is 13.5. The Bertz CT molecular complexity index is 1040. The number of nitrogens with one attached hydrogen (secondary N) is 2. The van der Waals surface area contributed by atoms with E-state index >= 15 is 0 Å². The molecule has 146 valence electrons. The van der Waals surface area contributed by atoms with Gasteiger partial charge in [0.15, 0.2) is 0 Å². The monoisotopic (exact) mass is 409 g/mol. The van der Waals surface area contributed by atoms with Crippen LogP contribution in [0.3, 0.4) is 0 Å². The van der Waals surface area contributed by atoms with Crippen molar-refractivity contribution in [3.8, 4) is 5.75 Å². The van der Waals surface area contributed by atoms with Crippen LogP contribution in [-0.4, -0.2) is 28.1 Å². The third-order valence-electron chi connectivity index (χ3n) is 4.35. The van der Waals surface area contributed by atoms with Gasteiger partial charge in [-0.05, 0) is 19.1 Å². The molecule has 28 heavy (non-hydrogen) atoms. The molecule has 0 radical (unpaired) electrons. The summed E-state index contributed by atoms with van der Waals surface area (Å²) in [6.45, 7) is 1.98. The number of hydrogen-bond donors (Lipinski definition) is 2. The molecule has 0 saturated heterocycles. The summed E-state index contributed by atoms with van der Waals surface area (Å²) in [5.74, 6) is 0.565. The highest BCUT2D eigenvalue weighted by Gasteiger charge is 2.36. The zero-order valence-electron chi connectivity index (χ0n) is 14.6. The molecule has 1 aliphatic heterocycles. The van der Waals surface area contributed by atoms with Crippen molar-refractivity contribution >= 4 is 34.3 Å². The quantitative estimate of drug-likeness (QED) is 0.525. The minimum atomic E-state index is -4.53. The fourth-order valence-corrected chi connectivity index (χ4v) is 3.23. The largest absolute Gasteiger partial charge is 0.491 e. The minimum Gasteiger partial charge on any atom is -0.491 e. The van der Waals surface area contributed by atoms with Gasteiger partial charge >= 0.3 is 6.18 Å². The lowest BCUT2D eigenvalue weighted by Crippen LogP contribution is -2.17. The second-order valence-electron chi connectivity index (χ2n) is 6.28. The van der Waals surface area contributed by atoms with Crippen LogP contribution < -0.4 is 15.4 Å². The molecule has 2 bridgehead atoms. The Morgan fingerprint density at radius 3 is 2.86 bits per heavy atom. The number of pyridine rings is 1. The first-order valence-electron chi connectivity index (χ1n) is 8.49. The van der Waals surface area contributed by atoms with Crippen molar-refractivity contribution in [3.05, 3.63) is 46.7 Å². The number of fused-ring (bicyclic) bond motifs is 5. The van der Waals surface area contributed by atoms with Gasteiger partial charge in [0.25, 0.3) is 0 Å². The van der Waals surface area contributed by atoms with E-state index in [-0.39, 0.29) is 24.1 Å². The predicted octanol–water partition coefficient (Wildman–Crippen LogP) is 4.67. The minimum absolute atomic E-state index is 0.0163. The predicted molar refractivity (Wildman–Crippen MR) is 99.8 cm³/mol. The second-order valence-corrected chi connectivity index (χ2v) is 6.67. The Kier molecular flexibility index (Phi) is 4.62. The SMILES string of the molecule is C[C@H]1Nc2nc(nc3cnc(Cl)cc23)NCCOc2c1cccc2C(F)(F)F. The summed E-state index contributed by atoms with van der Waals surface area (Å²) >= 11 is 6.00. The number of rotatable bonds is 0. The van der Waals surface area contributed by atoms with Crippen LogP contribution in [0.25, 0.3) is 10.9 Å². The molecule has 0 spiro atoms. The summed E-state index contributed by atoms with van der Waals surface area (Å²) in [5, 5.41) is 7.00. The molecule has 0 unspecified atom stereocenters. The number of para-hydroxylation sites is 1. The molecule has 6 nitrogen and oxygen atoms in total. The van der Waals surface area contributed by atoms with Crippen LogP contribution >= 0.6 is 11.6 Å². The first kappa shape index (κ1) is 18.5. The van der Waals surface area contributed by atoms with Crippen LogP contribution in [0.15, 0.2) is 30.5 Å². The smallest absolute Gasteiger partial charge is 0.419 e. The number of halogens is 4. The summed E-state index contributed by atoms with van der Waals surface area (Å²) in [7, 11) is 0. The lowest BCUT2D eigenvalue weighted by atomic mass is 10.0. The number of anilines is 2. The average molecular weight is 410 g/mol. The molecule has 1 atom stereocenters. The van der Waals surface area contributed by atoms with Gasteiger partial charge in [-0.3, -0.25) is 0 Å². The molecule has 0 fully saturated rings. The number of hydrogen-bond acceptors (Lipinski definition) is 6. The van der Waals surface area contributed by atoms with E-state index in [1.807, 2.05) is 0 Å². The third kappa shape index (κ3) is 3.49. The first-order chi connectivity index (χ1) is 13.3. The topological polar surface area (TPSA) is 72.0 Å². The average Bonchev–Trinajstić information content (AvgIpc) is 2.66. The molecule has 0 aliphatic carbocycles. The number of benzene rings is 1. The van der Waals surface area contributed by atoms with E-state index in [4.69, 9.17) is 16.3 Å². The Labute approximate surface area is 163 Å². The Hall–Kier alpha value is -2.81. The second kappa shape index (κ2) is 6.97. The highest BCUT2D eigenvalue weighted by molar-refractivity contribution is 6.30. The van der Waals surface area contributed by atoms with E-state index in [9.17, 15) is 13.2 Å². The van der Waals surface area contributed by atoms with Gasteiger partial charge in [-0.15, -0.1) is 0 Å². The molecule has 0 amide bonds. The van der Waals surface area contributed by atoms with E-state index in [2.05, 4.69) is 25.6 Å². The Morgan fingerprint density at radius 2 is 2.07 bits per heavy atom. The normalized spacial score (nSPS) is 17.0. The molecule has 1 aliphatic rings. The Morgan fingerprint density at radius 1 is 1.25 bits per heavy atom. The van der Waals surface area contributed by atoms with Gasteiger partial charge in [-0.2, -0.15) is 18.2 Å². The maximum Gasteiger partial charge on any atom is 0.419 e. The maximum absolute atomic E-state index is 13.5. The molecule has 2 N–H and O–H groups in total. The van der Waals surface area contributed by atoms with Gasteiger partial charge in [0.2, 0.25) is 5.95 Å². The fourth-order valence-electron chi connectivity index (χ4n) is 3.07. The van der Waals surface area contributed by atoms with Crippen molar-refractivity contribution in [2.24, 2.45) is 0 Å². The van der Waals surface area contributed by atoms with Gasteiger partial charge in [-0.25, -0.2) is 9.97 Å². The highest BCUT2D eigenvalue weighted by atomic mass is 35.5. The zero-order chi connectivity index (χ0) is 19.9. The molecular weight excluding hydrogens is 395 g/mol. The summed E-state index contributed by atoms with van der Waals surface area (Å²) in [5.41, 5.74) is 0.124. The van der Waals surface area contributed by atoms with Crippen LogP contribution in [0.2, 0.25) is 5.15 Å². The summed E-state index contributed by atoms with van der Waals surface area (Å²) in [4.78, 5) is 12.8. The lowest BCUT2D eigenvalue weighted by molar-refractivity contribution is -0.139. The van der Waals surface area contributed by atoms with Crippen molar-refractivity contribution < 1.29 is 17.9 Å². The van der Waals surface area contributed by atoms with Gasteiger partial charge in [0.05, 0.1) is 29.9 Å². The molecular formula is C18H15ClF3N5O. The van der Waals surface area contributed by atoms with Crippen LogP contribution in [0.4, 0.5) is 24.9 Å². The van der Waals surface area contributed by atoms with Crippen LogP contribution in [0.1, 0.15) is 24.1 Å². The fraction of sp³-hybridized carbons (Fsp3) is 0.278. The van der Waals surface area contributed by atoms with Gasteiger partial charge in [0, 0.05) is 10.9 Å². The van der Waals surface area contributed by atoms with Crippen LogP contribution in [0.5, 0.6) is 5.75 Å². The van der Waals surface area contributed by atoms with E-state index in [1.54, 1.807) is 19.1 Å². The summed E-state index contributed by atoms with van der Waals surface area (Å²) < 4.78 is 46.0. The van der Waals surface area contributed by atoms with Crippen LogP contribution in [-0.2, 0) is 6.18 Å². The highest BCUT2D eigenvalue weighted by Crippen LogP contribution is 2.41. The van der Waals surface area contributed by atoms with Crippen molar-refractivity contribution in [3.63, 3.8) is 0 Å². The summed E-state index contributed by atoms with van der Waals surface area (Å²) in [6.07, 6.45) is -3.01. The van der Waals surface area contributed by atoms with Crippen molar-refractivity contribution in [1.29, 1.82) is 0 Å². The number of ether oxygens (including phenoxy) is 1. The van der Waals surface area contributed by atoms with Gasteiger partial charge in [-0.1, -0.05) is 23.7 Å². The molecule has 2 aromatic heterocycles. The standard InChI is InChI=1S/C18H15ClF3N5O/c1-9-10-3-2-4-12(18(20,21)22)15(10)28-6-5-23-17-26-13-8-24-14(19)7-11(13)16(25-9)27-17/h2-4,7-9H,5-6H2,1H3,(H2,23,25,26,27)/t9-/m1/s1. The van der Waals surface area contributed by atoms with E-state index in [1.165, 1.54) is 12.3 Å². The van der Waals surface area contributed by atoms with Crippen molar-refractivity contribution in [2.75, 3.05) is 23.8 Å². The molecule has 3 aromatic rings. The number of nitrogens with zero attached hydrogens (tertiary/aromatic N) is 3. The lowest BCUT2D eigenvalue weighted by Gasteiger charge is -2.22. The number of alkyl halides is 3. The number of aromatic nitrogens is 3. The molecule has 0 saturated carbocycles. The van der Waals surface area contributed by atoms with Crippen molar-refractivity contribution in [2.45, 2.75) is 19.1 Å². The zero-order valence-corrected chi connectivity index (χ0v) is 15.4. The van der Waals surface area contributed by atoms with Crippen molar-refractivity contribution in [1.82, 2.24) is 15.0 Å². The molecule has 4 rings (SSSR count). The van der Waals surface area contributed by atoms with E-state index in [0.29, 0.717) is 28.2 Å². The molecule has 3 heterocycles. The van der Waals surface area contributed by atoms with Gasteiger partial charge in [0.1, 0.15) is 23.3 Å². The summed E-state index contributed by atoms with van der Waals surface area (Å²) in [6, 6.07) is 5.07. The van der Waals surface area contributed by atoms with E-state index < -0.39 is 17.8 Å². The molecule has 1 aromatic carbocycles. The van der Waals surface area contributed by atoms with Gasteiger partial charge < -0.3 is 15.4 Å². The first-order valence-corrected chi connectivity index (χ1v) is 8.87. The van der Waals surface area contributed by atoms with Crippen LogP contribution in [0, 0.1) is 0 Å². The molecule has 10 heteroatoms. The Balaban J connectivity index is 1.86.